The summed E-state index contributed by atoms with van der Waals surface area (Å²) in [7, 11) is 0. The predicted molar refractivity (Wildman–Crippen MR) is 108 cm³/mol. The number of fused-ring (bicyclic) bond motifs is 2. The lowest BCUT2D eigenvalue weighted by atomic mass is 9.97. The molecule has 2 N–H and O–H groups in total. The van der Waals surface area contributed by atoms with E-state index in [1.54, 1.807) is 20.8 Å². The van der Waals surface area contributed by atoms with E-state index in [-0.39, 0.29) is 29.6 Å². The van der Waals surface area contributed by atoms with Crippen molar-refractivity contribution in [2.45, 2.75) is 70.2 Å². The van der Waals surface area contributed by atoms with Gasteiger partial charge in [0.05, 0.1) is 6.07 Å². The van der Waals surface area contributed by atoms with E-state index in [0.717, 1.165) is 25.3 Å². The van der Waals surface area contributed by atoms with Crippen molar-refractivity contribution >= 4 is 17.7 Å². The Kier molecular flexibility index (Phi) is 6.37. The molecule has 4 atom stereocenters. The summed E-state index contributed by atoms with van der Waals surface area (Å²) in [5.41, 5.74) is 6.44. The second kappa shape index (κ2) is 8.82. The van der Waals surface area contributed by atoms with Crippen LogP contribution >= 0.6 is 0 Å². The van der Waals surface area contributed by atoms with Gasteiger partial charge in [0.1, 0.15) is 29.0 Å². The number of nitrogens with one attached hydrogen (secondary N) is 2. The van der Waals surface area contributed by atoms with Crippen molar-refractivity contribution < 1.29 is 18.7 Å². The molecular formula is C21H26FN6O3+. The van der Waals surface area contributed by atoms with E-state index in [4.69, 9.17) is 10.3 Å². The number of hydrogen-bond acceptors (Lipinski definition) is 6. The summed E-state index contributed by atoms with van der Waals surface area (Å²) in [6.45, 7) is 5.31. The molecule has 10 heteroatoms. The Balaban J connectivity index is 1.72. The normalized spacial score (nSPS) is 22.9. The molecule has 2 aliphatic rings. The molecule has 1 heterocycles. The Morgan fingerprint density at radius 1 is 1.45 bits per heavy atom. The first-order valence-electron chi connectivity index (χ1n) is 10.2. The quantitative estimate of drug-likeness (QED) is 0.548. The Bertz CT molecular complexity index is 963. The van der Waals surface area contributed by atoms with Crippen molar-refractivity contribution in [1.29, 1.82) is 10.8 Å². The number of carbonyl (C=O) groups excluding carboxylic acids is 2. The van der Waals surface area contributed by atoms with Gasteiger partial charge in [-0.15, -0.1) is 0 Å². The smallest absolute Gasteiger partial charge is 0.411 e. The van der Waals surface area contributed by atoms with Gasteiger partial charge in [0.2, 0.25) is 10.8 Å². The highest BCUT2D eigenvalue weighted by molar-refractivity contribution is 5.87. The number of rotatable bonds is 5. The molecule has 1 saturated carbocycles. The molecule has 1 aromatic carbocycles. The summed E-state index contributed by atoms with van der Waals surface area (Å²) in [6.07, 6.45) is 1.82. The Labute approximate surface area is 179 Å². The topological polar surface area (TPSA) is 133 Å². The third kappa shape index (κ3) is 5.06. The maximum absolute atomic E-state index is 14.3. The molecule has 1 aliphatic carbocycles. The van der Waals surface area contributed by atoms with Crippen LogP contribution in [0.5, 0.6) is 0 Å². The molecule has 9 nitrogen and oxygen atoms in total. The highest BCUT2D eigenvalue weighted by Crippen LogP contribution is 2.43. The van der Waals surface area contributed by atoms with Crippen LogP contribution in [0.15, 0.2) is 23.3 Å². The Morgan fingerprint density at radius 3 is 2.81 bits per heavy atom. The SMILES string of the molecule is CC(C)(C)OC(=O)N1[C@@H]2CC[C@@H](C2)[C@H]1C(=O)N[C@H](C#N)Cc1ccc(N=[N+]=N)cc1F. The van der Waals surface area contributed by atoms with Crippen molar-refractivity contribution in [2.75, 3.05) is 0 Å². The van der Waals surface area contributed by atoms with Gasteiger partial charge in [-0.1, -0.05) is 6.07 Å². The molecule has 2 bridgehead atoms. The molecule has 0 radical (unpaired) electrons. The van der Waals surface area contributed by atoms with Crippen LogP contribution in [0.25, 0.3) is 0 Å². The van der Waals surface area contributed by atoms with Gasteiger partial charge in [0.15, 0.2) is 10.8 Å². The molecule has 0 unspecified atom stereocenters. The summed E-state index contributed by atoms with van der Waals surface area (Å²) in [5, 5.41) is 15.6. The van der Waals surface area contributed by atoms with E-state index in [9.17, 15) is 19.2 Å². The fraction of sp³-hybridized carbons (Fsp3) is 0.571. The van der Waals surface area contributed by atoms with Crippen LogP contribution < -0.4 is 10.2 Å². The van der Waals surface area contributed by atoms with Crippen LogP contribution in [-0.2, 0) is 16.0 Å². The van der Waals surface area contributed by atoms with E-state index < -0.39 is 35.5 Å². The second-order valence-corrected chi connectivity index (χ2v) is 8.93. The molecule has 1 aliphatic heterocycles. The first kappa shape index (κ1) is 22.4. The average molecular weight is 429 g/mol. The fourth-order valence-corrected chi connectivity index (χ4v) is 4.33. The number of piperidine rings is 1. The van der Waals surface area contributed by atoms with Crippen LogP contribution in [0.3, 0.4) is 0 Å². The number of ether oxygens (including phenoxy) is 1. The van der Waals surface area contributed by atoms with Crippen LogP contribution in [0, 0.1) is 28.6 Å². The summed E-state index contributed by atoms with van der Waals surface area (Å²) in [5.74, 6) is -1.01. The minimum atomic E-state index is -0.967. The standard InChI is InChI=1S/C21H25FN6O3/c1-21(2,3)31-20(30)28-16-7-5-13(9-16)18(28)19(29)25-15(11-23)8-12-4-6-14(26-27-24)10-17(12)22/h4,6,10,13,15-16,18,24H,5,7-9H2,1-3H3/p+1/t13-,15-,16+,18-/m0/s1. The van der Waals surface area contributed by atoms with Gasteiger partial charge in [-0.25, -0.2) is 9.18 Å². The lowest BCUT2D eigenvalue weighted by Crippen LogP contribution is -2.55. The average Bonchev–Trinajstić information content (AvgIpc) is 3.29. The van der Waals surface area contributed by atoms with E-state index in [1.165, 1.54) is 17.0 Å². The minimum absolute atomic E-state index is 0.0168. The molecule has 31 heavy (non-hydrogen) atoms. The lowest BCUT2D eigenvalue weighted by molar-refractivity contribution is -0.128. The number of nitriles is 1. The van der Waals surface area contributed by atoms with Crippen molar-refractivity contribution in [3.05, 3.63) is 29.6 Å². The van der Waals surface area contributed by atoms with Gasteiger partial charge in [0, 0.05) is 18.5 Å². The molecule has 2 fully saturated rings. The minimum Gasteiger partial charge on any atom is -0.444 e. The van der Waals surface area contributed by atoms with E-state index >= 15 is 0 Å². The molecule has 0 aromatic heterocycles. The summed E-state index contributed by atoms with van der Waals surface area (Å²) >= 11 is 0. The van der Waals surface area contributed by atoms with Gasteiger partial charge in [-0.3, -0.25) is 9.69 Å². The predicted octanol–water partition coefficient (Wildman–Crippen LogP) is 3.35. The van der Waals surface area contributed by atoms with E-state index in [1.807, 2.05) is 6.07 Å². The molecule has 1 aromatic rings. The van der Waals surface area contributed by atoms with Crippen molar-refractivity contribution in [3.8, 4) is 6.07 Å². The summed E-state index contributed by atoms with van der Waals surface area (Å²) in [4.78, 5) is 30.1. The first-order valence-corrected chi connectivity index (χ1v) is 10.2. The molecule has 164 valence electrons. The summed E-state index contributed by atoms with van der Waals surface area (Å²) in [6, 6.07) is 4.32. The number of carbonyl (C=O) groups is 2. The van der Waals surface area contributed by atoms with E-state index in [0.29, 0.717) is 0 Å². The third-order valence-corrected chi connectivity index (χ3v) is 5.56. The van der Waals surface area contributed by atoms with Crippen molar-refractivity contribution in [2.24, 2.45) is 11.0 Å². The monoisotopic (exact) mass is 429 g/mol. The number of nitrogens with zero attached hydrogens (tertiary/aromatic N) is 4. The number of benzene rings is 1. The fourth-order valence-electron chi connectivity index (χ4n) is 4.33. The maximum Gasteiger partial charge on any atom is 0.411 e. The van der Waals surface area contributed by atoms with Gasteiger partial charge in [0.25, 0.3) is 0 Å². The summed E-state index contributed by atoms with van der Waals surface area (Å²) < 4.78 is 19.8. The molecule has 2 amide bonds. The third-order valence-electron chi connectivity index (χ3n) is 5.56. The van der Waals surface area contributed by atoms with Gasteiger partial charge < -0.3 is 10.1 Å². The van der Waals surface area contributed by atoms with Crippen LogP contribution in [-0.4, -0.2) is 40.6 Å². The van der Waals surface area contributed by atoms with Crippen LogP contribution in [0.1, 0.15) is 45.6 Å². The number of likely N-dealkylation sites (tertiary alicyclic amines) is 1. The lowest BCUT2D eigenvalue weighted by Gasteiger charge is -2.35. The van der Waals surface area contributed by atoms with Gasteiger partial charge >= 0.3 is 6.09 Å². The zero-order chi connectivity index (χ0) is 22.8. The highest BCUT2D eigenvalue weighted by Gasteiger charge is 2.52. The van der Waals surface area contributed by atoms with Crippen LogP contribution in [0.4, 0.5) is 14.9 Å². The molecular weight excluding hydrogens is 403 g/mol. The zero-order valence-electron chi connectivity index (χ0n) is 17.8. The van der Waals surface area contributed by atoms with Gasteiger partial charge in [-0.05, 0) is 57.6 Å². The Morgan fingerprint density at radius 2 is 2.19 bits per heavy atom. The maximum atomic E-state index is 14.3. The van der Waals surface area contributed by atoms with Crippen molar-refractivity contribution in [3.63, 3.8) is 0 Å². The van der Waals surface area contributed by atoms with Gasteiger partial charge in [-0.2, -0.15) is 5.26 Å². The van der Waals surface area contributed by atoms with Crippen molar-refractivity contribution in [1.82, 2.24) is 15.1 Å². The first-order chi connectivity index (χ1) is 14.6. The number of hydrogen-bond donors (Lipinski definition) is 2. The Hall–Kier alpha value is -3.31. The zero-order valence-corrected chi connectivity index (χ0v) is 17.8. The molecule has 1 saturated heterocycles. The number of amides is 2. The molecule has 0 spiro atoms. The van der Waals surface area contributed by atoms with Crippen LogP contribution in [0.2, 0.25) is 0 Å². The largest absolute Gasteiger partial charge is 0.444 e. The number of halogens is 1. The second-order valence-electron chi connectivity index (χ2n) is 8.93. The van der Waals surface area contributed by atoms with E-state index in [2.05, 4.69) is 15.3 Å². The highest BCUT2D eigenvalue weighted by atomic mass is 19.1. The molecule has 3 rings (SSSR count).